The van der Waals surface area contributed by atoms with Gasteiger partial charge in [-0.3, -0.25) is 4.79 Å². The van der Waals surface area contributed by atoms with Crippen molar-refractivity contribution in [1.82, 2.24) is 10.2 Å². The highest BCUT2D eigenvalue weighted by molar-refractivity contribution is 5.94. The molecular formula is C14H19ClN2O. The minimum absolute atomic E-state index is 0. The number of fused-ring (bicyclic) bond motifs is 1. The second-order valence-electron chi connectivity index (χ2n) is 5.23. The molecule has 0 aliphatic carbocycles. The average molecular weight is 267 g/mol. The van der Waals surface area contributed by atoms with E-state index in [1.54, 1.807) is 0 Å². The van der Waals surface area contributed by atoms with Crippen LogP contribution in [0.4, 0.5) is 0 Å². The molecule has 2 aliphatic rings. The van der Waals surface area contributed by atoms with Gasteiger partial charge in [-0.2, -0.15) is 0 Å². The van der Waals surface area contributed by atoms with Crippen LogP contribution in [0.25, 0.3) is 0 Å². The molecule has 98 valence electrons. The summed E-state index contributed by atoms with van der Waals surface area (Å²) < 4.78 is 0. The second-order valence-corrected chi connectivity index (χ2v) is 5.23. The highest BCUT2D eigenvalue weighted by Crippen LogP contribution is 2.21. The lowest BCUT2D eigenvalue weighted by Crippen LogP contribution is -2.28. The zero-order chi connectivity index (χ0) is 11.8. The molecule has 1 aromatic rings. The Kier molecular flexibility index (Phi) is 3.93. The summed E-state index contributed by atoms with van der Waals surface area (Å²) in [6.07, 6.45) is 1.14. The van der Waals surface area contributed by atoms with Crippen molar-refractivity contribution in [1.29, 1.82) is 0 Å². The number of rotatable bonds is 1. The van der Waals surface area contributed by atoms with Gasteiger partial charge in [0.15, 0.2) is 0 Å². The Morgan fingerprint density at radius 3 is 2.83 bits per heavy atom. The fraction of sp³-hybridized carbons (Fsp3) is 0.500. The molecule has 4 heteroatoms. The summed E-state index contributed by atoms with van der Waals surface area (Å²) in [5.41, 5.74) is 3.46. The molecule has 0 bridgehead atoms. The van der Waals surface area contributed by atoms with Crippen LogP contribution in [0.2, 0.25) is 0 Å². The zero-order valence-electron chi connectivity index (χ0n) is 10.6. The molecule has 1 unspecified atom stereocenters. The van der Waals surface area contributed by atoms with Crippen LogP contribution in [-0.2, 0) is 13.1 Å². The number of nitrogens with zero attached hydrogens (tertiary/aromatic N) is 1. The summed E-state index contributed by atoms with van der Waals surface area (Å²) in [5, 5.41) is 3.31. The van der Waals surface area contributed by atoms with Crippen LogP contribution in [0, 0.1) is 5.92 Å². The Bertz CT molecular complexity index is 461. The number of carbonyl (C=O) groups excluding carboxylic acids is 1. The van der Waals surface area contributed by atoms with Gasteiger partial charge in [0.05, 0.1) is 0 Å². The van der Waals surface area contributed by atoms with E-state index < -0.39 is 0 Å². The van der Waals surface area contributed by atoms with Crippen molar-refractivity contribution in [2.45, 2.75) is 26.4 Å². The lowest BCUT2D eigenvalue weighted by atomic mass is 10.1. The Hall–Kier alpha value is -1.06. The van der Waals surface area contributed by atoms with Gasteiger partial charge in [0.25, 0.3) is 5.91 Å². The third kappa shape index (κ3) is 2.38. The number of likely N-dealkylation sites (tertiary alicyclic amines) is 1. The van der Waals surface area contributed by atoms with Gasteiger partial charge in [-0.25, -0.2) is 0 Å². The summed E-state index contributed by atoms with van der Waals surface area (Å²) in [4.78, 5) is 14.3. The van der Waals surface area contributed by atoms with E-state index in [2.05, 4.69) is 24.4 Å². The lowest BCUT2D eigenvalue weighted by Gasteiger charge is -2.16. The summed E-state index contributed by atoms with van der Waals surface area (Å²) >= 11 is 0. The predicted molar refractivity (Wildman–Crippen MR) is 73.9 cm³/mol. The molecule has 0 aromatic heterocycles. The van der Waals surface area contributed by atoms with E-state index >= 15 is 0 Å². The quantitative estimate of drug-likeness (QED) is 0.845. The van der Waals surface area contributed by atoms with E-state index in [4.69, 9.17) is 0 Å². The van der Waals surface area contributed by atoms with Crippen LogP contribution in [0.3, 0.4) is 0 Å². The predicted octanol–water partition coefficient (Wildman–Crippen LogP) is 2.19. The summed E-state index contributed by atoms with van der Waals surface area (Å²) in [5.74, 6) is 0.846. The Morgan fingerprint density at radius 1 is 1.33 bits per heavy atom. The summed E-state index contributed by atoms with van der Waals surface area (Å²) in [6, 6.07) is 6.11. The van der Waals surface area contributed by atoms with Gasteiger partial charge in [0.1, 0.15) is 0 Å². The van der Waals surface area contributed by atoms with Gasteiger partial charge < -0.3 is 10.2 Å². The van der Waals surface area contributed by atoms with Gasteiger partial charge in [-0.05, 0) is 35.6 Å². The lowest BCUT2D eigenvalue weighted by molar-refractivity contribution is 0.0788. The van der Waals surface area contributed by atoms with Crippen molar-refractivity contribution >= 4 is 18.3 Å². The van der Waals surface area contributed by atoms with Crippen molar-refractivity contribution in [3.63, 3.8) is 0 Å². The summed E-state index contributed by atoms with van der Waals surface area (Å²) in [7, 11) is 0. The normalized spacial score (nSPS) is 21.6. The topological polar surface area (TPSA) is 32.3 Å². The fourth-order valence-corrected chi connectivity index (χ4v) is 2.73. The Labute approximate surface area is 114 Å². The zero-order valence-corrected chi connectivity index (χ0v) is 11.4. The maximum atomic E-state index is 12.3. The van der Waals surface area contributed by atoms with E-state index in [0.29, 0.717) is 5.92 Å². The molecule has 1 fully saturated rings. The molecule has 3 nitrogen and oxygen atoms in total. The molecule has 1 saturated heterocycles. The number of amides is 1. The number of hydrogen-bond donors (Lipinski definition) is 1. The number of carbonyl (C=O) groups is 1. The highest BCUT2D eigenvalue weighted by atomic mass is 35.5. The van der Waals surface area contributed by atoms with Crippen LogP contribution >= 0.6 is 12.4 Å². The second kappa shape index (κ2) is 5.29. The number of halogens is 1. The van der Waals surface area contributed by atoms with E-state index in [1.165, 1.54) is 11.1 Å². The first-order chi connectivity index (χ1) is 8.24. The first-order valence-electron chi connectivity index (χ1n) is 6.36. The molecule has 1 N–H and O–H groups in total. The van der Waals surface area contributed by atoms with E-state index in [9.17, 15) is 4.79 Å². The maximum absolute atomic E-state index is 12.3. The summed E-state index contributed by atoms with van der Waals surface area (Å²) in [6.45, 7) is 5.86. The molecular weight excluding hydrogens is 248 g/mol. The molecule has 2 heterocycles. The third-order valence-electron chi connectivity index (χ3n) is 3.80. The highest BCUT2D eigenvalue weighted by Gasteiger charge is 2.24. The van der Waals surface area contributed by atoms with Crippen molar-refractivity contribution in [2.24, 2.45) is 5.92 Å². The molecule has 1 aromatic carbocycles. The monoisotopic (exact) mass is 266 g/mol. The third-order valence-corrected chi connectivity index (χ3v) is 3.80. The largest absolute Gasteiger partial charge is 0.338 e. The average Bonchev–Trinajstić information content (AvgIpc) is 2.95. The SMILES string of the molecule is CC1CCN(C(=O)c2ccc3c(c2)CNC3)C1.Cl. The molecule has 1 atom stereocenters. The minimum atomic E-state index is 0. The van der Waals surface area contributed by atoms with Crippen LogP contribution in [0.5, 0.6) is 0 Å². The molecule has 18 heavy (non-hydrogen) atoms. The van der Waals surface area contributed by atoms with Gasteiger partial charge in [0.2, 0.25) is 0 Å². The fourth-order valence-electron chi connectivity index (χ4n) is 2.73. The van der Waals surface area contributed by atoms with Crippen LogP contribution in [0.15, 0.2) is 18.2 Å². The Morgan fingerprint density at radius 2 is 2.11 bits per heavy atom. The van der Waals surface area contributed by atoms with Crippen LogP contribution < -0.4 is 5.32 Å². The first kappa shape index (κ1) is 13.4. The van der Waals surface area contributed by atoms with Gasteiger partial charge in [0, 0.05) is 31.7 Å². The number of benzene rings is 1. The first-order valence-corrected chi connectivity index (χ1v) is 6.36. The van der Waals surface area contributed by atoms with Gasteiger partial charge in [-0.15, -0.1) is 12.4 Å². The van der Waals surface area contributed by atoms with Gasteiger partial charge in [-0.1, -0.05) is 13.0 Å². The van der Waals surface area contributed by atoms with E-state index in [1.807, 2.05) is 11.0 Å². The standard InChI is InChI=1S/C14H18N2O.ClH/c1-10-4-5-16(9-10)14(17)11-2-3-12-7-15-8-13(12)6-11;/h2-3,6,10,15H,4-5,7-9H2,1H3;1H. The van der Waals surface area contributed by atoms with E-state index in [0.717, 1.165) is 38.2 Å². The maximum Gasteiger partial charge on any atom is 0.253 e. The van der Waals surface area contributed by atoms with Gasteiger partial charge >= 0.3 is 0 Å². The minimum Gasteiger partial charge on any atom is -0.338 e. The molecule has 3 rings (SSSR count). The number of hydrogen-bond acceptors (Lipinski definition) is 2. The van der Waals surface area contributed by atoms with Crippen molar-refractivity contribution in [3.8, 4) is 0 Å². The smallest absolute Gasteiger partial charge is 0.253 e. The van der Waals surface area contributed by atoms with Crippen LogP contribution in [0.1, 0.15) is 34.8 Å². The molecule has 0 saturated carbocycles. The van der Waals surface area contributed by atoms with E-state index in [-0.39, 0.29) is 18.3 Å². The van der Waals surface area contributed by atoms with Crippen molar-refractivity contribution in [3.05, 3.63) is 34.9 Å². The Balaban J connectivity index is 0.00000120. The molecule has 1 amide bonds. The molecule has 0 spiro atoms. The molecule has 2 aliphatic heterocycles. The molecule has 0 radical (unpaired) electrons. The van der Waals surface area contributed by atoms with Crippen LogP contribution in [-0.4, -0.2) is 23.9 Å². The van der Waals surface area contributed by atoms with Crippen molar-refractivity contribution < 1.29 is 4.79 Å². The number of nitrogens with one attached hydrogen (secondary N) is 1. The van der Waals surface area contributed by atoms with Crippen molar-refractivity contribution in [2.75, 3.05) is 13.1 Å².